The molecule has 0 aliphatic carbocycles. The van der Waals surface area contributed by atoms with E-state index >= 15 is 0 Å². The number of rotatable bonds is 16. The van der Waals surface area contributed by atoms with Gasteiger partial charge in [-0.1, -0.05) is 26.7 Å². The number of hydrogen-bond donors (Lipinski definition) is 0. The summed E-state index contributed by atoms with van der Waals surface area (Å²) in [6, 6.07) is 0. The summed E-state index contributed by atoms with van der Waals surface area (Å²) >= 11 is 0. The first-order chi connectivity index (χ1) is 11.2. The van der Waals surface area contributed by atoms with Gasteiger partial charge in [0.1, 0.15) is 16.6 Å². The van der Waals surface area contributed by atoms with Gasteiger partial charge in [0.15, 0.2) is 5.79 Å². The van der Waals surface area contributed by atoms with Crippen molar-refractivity contribution in [3.05, 3.63) is 0 Å². The van der Waals surface area contributed by atoms with E-state index in [0.29, 0.717) is 23.2 Å². The highest BCUT2D eigenvalue weighted by Crippen LogP contribution is 2.25. The van der Waals surface area contributed by atoms with Gasteiger partial charge < -0.3 is 23.4 Å². The average molecular weight is 349 g/mol. The molecule has 1 fully saturated rings. The Bertz CT molecular complexity index is 276. The lowest BCUT2D eigenvalue weighted by Gasteiger charge is -2.37. The lowest BCUT2D eigenvalue weighted by atomic mass is 10.1. The molecule has 5 nitrogen and oxygen atoms in total. The summed E-state index contributed by atoms with van der Waals surface area (Å²) in [5, 5.41) is 0. The molecule has 0 radical (unpaired) electrons. The van der Waals surface area contributed by atoms with Gasteiger partial charge in [-0.05, 0) is 32.6 Å². The molecule has 0 N–H and O–H groups in total. The van der Waals surface area contributed by atoms with E-state index in [1.165, 1.54) is 0 Å². The molecule has 1 heterocycles. The van der Waals surface area contributed by atoms with Crippen molar-refractivity contribution in [1.82, 2.24) is 0 Å². The van der Waals surface area contributed by atoms with Crippen LogP contribution in [0.25, 0.3) is 0 Å². The summed E-state index contributed by atoms with van der Waals surface area (Å²) in [5.74, 6) is -0.647. The molecule has 2 unspecified atom stereocenters. The van der Waals surface area contributed by atoms with Crippen LogP contribution < -0.4 is 0 Å². The molecule has 1 aliphatic rings. The number of hydrogen-bond acceptors (Lipinski definition) is 5. The largest absolute Gasteiger partial charge is 0.420 e. The Morgan fingerprint density at radius 1 is 1.09 bits per heavy atom. The average Bonchev–Trinajstić information content (AvgIpc) is 3.35. The fraction of sp³-hybridized carbons (Fsp3) is 1.00. The minimum atomic E-state index is -0.647. The second-order valence-electron chi connectivity index (χ2n) is 6.32. The number of unbranched alkanes of at least 4 members (excludes halogenated alkanes) is 2. The van der Waals surface area contributed by atoms with Gasteiger partial charge in [-0.25, -0.2) is 0 Å². The van der Waals surface area contributed by atoms with Gasteiger partial charge in [0.25, 0.3) is 0 Å². The predicted octanol–water partition coefficient (Wildman–Crippen LogP) is 2.20. The van der Waals surface area contributed by atoms with Crippen LogP contribution in [-0.4, -0.2) is 61.5 Å². The Morgan fingerprint density at radius 2 is 1.70 bits per heavy atom. The molecule has 138 valence electrons. The molecule has 0 spiro atoms. The van der Waals surface area contributed by atoms with Crippen LogP contribution in [0.5, 0.6) is 0 Å². The van der Waals surface area contributed by atoms with Crippen molar-refractivity contribution < 1.29 is 23.4 Å². The van der Waals surface area contributed by atoms with E-state index in [1.54, 1.807) is 0 Å². The topological polar surface area (TPSA) is 49.5 Å². The Morgan fingerprint density at radius 3 is 2.17 bits per heavy atom. The van der Waals surface area contributed by atoms with E-state index in [9.17, 15) is 0 Å². The van der Waals surface area contributed by atoms with Gasteiger partial charge in [0.2, 0.25) is 0 Å². The zero-order valence-electron chi connectivity index (χ0n) is 15.5. The molecule has 1 rings (SSSR count). The molecule has 0 aromatic heterocycles. The highest BCUT2D eigenvalue weighted by atomic mass is 28.2. The molecule has 23 heavy (non-hydrogen) atoms. The molecule has 0 aromatic carbocycles. The summed E-state index contributed by atoms with van der Waals surface area (Å²) in [6.07, 6.45) is 6.48. The van der Waals surface area contributed by atoms with Crippen LogP contribution >= 0.6 is 0 Å². The highest BCUT2D eigenvalue weighted by Gasteiger charge is 2.36. The monoisotopic (exact) mass is 348 g/mol. The third kappa shape index (κ3) is 9.17. The fourth-order valence-electron chi connectivity index (χ4n) is 2.41. The Balaban J connectivity index is 2.37. The van der Waals surface area contributed by atoms with Gasteiger partial charge in [0, 0.05) is 6.61 Å². The first-order valence-electron chi connectivity index (χ1n) is 9.16. The SMILES string of the molecule is CCCCOC(C)(OCCCC)C(CCCOCC1CO1)O[SiH3]. The summed E-state index contributed by atoms with van der Waals surface area (Å²) in [5.41, 5.74) is 0. The van der Waals surface area contributed by atoms with Gasteiger partial charge in [-0.3, -0.25) is 0 Å². The van der Waals surface area contributed by atoms with Crippen molar-refractivity contribution in [3.63, 3.8) is 0 Å². The molecule has 2 atom stereocenters. The van der Waals surface area contributed by atoms with Crippen LogP contribution in [0.1, 0.15) is 59.3 Å². The molecule has 0 amide bonds. The molecular weight excluding hydrogens is 312 g/mol. The first-order valence-corrected chi connectivity index (χ1v) is 9.98. The third-order valence-electron chi connectivity index (χ3n) is 4.10. The first kappa shape index (κ1) is 21.1. The maximum atomic E-state index is 6.09. The zero-order valence-corrected chi connectivity index (χ0v) is 17.5. The Kier molecular flexibility index (Phi) is 11.3. The molecule has 0 saturated carbocycles. The van der Waals surface area contributed by atoms with Gasteiger partial charge in [-0.2, -0.15) is 0 Å². The molecule has 0 aromatic rings. The normalized spacial score (nSPS) is 19.2. The van der Waals surface area contributed by atoms with Gasteiger partial charge in [-0.15, -0.1) is 0 Å². The van der Waals surface area contributed by atoms with Crippen molar-refractivity contribution in [1.29, 1.82) is 0 Å². The molecule has 6 heteroatoms. The molecular formula is C17H36O5Si. The summed E-state index contributed by atoms with van der Waals surface area (Å²) in [6.45, 7) is 10.1. The minimum absolute atomic E-state index is 0.0244. The number of ether oxygens (including phenoxy) is 4. The summed E-state index contributed by atoms with van der Waals surface area (Å²) in [4.78, 5) is 0. The van der Waals surface area contributed by atoms with Crippen molar-refractivity contribution in [2.24, 2.45) is 0 Å². The van der Waals surface area contributed by atoms with Crippen molar-refractivity contribution in [3.8, 4) is 0 Å². The molecule has 0 bridgehead atoms. The Labute approximate surface area is 144 Å². The Hall–Kier alpha value is 0.0169. The van der Waals surface area contributed by atoms with E-state index in [-0.39, 0.29) is 6.10 Å². The van der Waals surface area contributed by atoms with Crippen LogP contribution in [0.3, 0.4) is 0 Å². The van der Waals surface area contributed by atoms with Crippen LogP contribution in [0.4, 0.5) is 0 Å². The van der Waals surface area contributed by atoms with Gasteiger partial charge >= 0.3 is 0 Å². The van der Waals surface area contributed by atoms with E-state index in [0.717, 1.165) is 65.0 Å². The van der Waals surface area contributed by atoms with Gasteiger partial charge in [0.05, 0.1) is 32.5 Å². The minimum Gasteiger partial charge on any atom is -0.420 e. The van der Waals surface area contributed by atoms with Crippen LogP contribution in [0.2, 0.25) is 0 Å². The van der Waals surface area contributed by atoms with Crippen molar-refractivity contribution in [2.75, 3.05) is 33.0 Å². The van der Waals surface area contributed by atoms with Crippen LogP contribution in [-0.2, 0) is 23.4 Å². The third-order valence-corrected chi connectivity index (χ3v) is 4.67. The standard InChI is InChI=1S/C17H36O5Si/c1-4-6-11-20-17(3,21-12-7-5-2)16(22-23)9-8-10-18-13-15-14-19-15/h15-16H,4-14H2,1-3,23H3. The van der Waals surface area contributed by atoms with Crippen molar-refractivity contribution in [2.45, 2.75) is 77.3 Å². The zero-order chi connectivity index (χ0) is 17.0. The lowest BCUT2D eigenvalue weighted by Crippen LogP contribution is -2.46. The fourth-order valence-corrected chi connectivity index (χ4v) is 3.07. The van der Waals surface area contributed by atoms with Crippen molar-refractivity contribution >= 4 is 10.5 Å². The van der Waals surface area contributed by atoms with E-state index in [2.05, 4.69) is 13.8 Å². The lowest BCUT2D eigenvalue weighted by molar-refractivity contribution is -0.268. The summed E-state index contributed by atoms with van der Waals surface area (Å²) in [7, 11) is 0.678. The quantitative estimate of drug-likeness (QED) is 0.185. The van der Waals surface area contributed by atoms with E-state index < -0.39 is 5.79 Å². The number of epoxide rings is 1. The smallest absolute Gasteiger partial charge is 0.190 e. The van der Waals surface area contributed by atoms with Crippen LogP contribution in [0.15, 0.2) is 0 Å². The van der Waals surface area contributed by atoms with E-state index in [4.69, 9.17) is 23.4 Å². The molecule has 1 aliphatic heterocycles. The second kappa shape index (κ2) is 12.4. The summed E-state index contributed by atoms with van der Waals surface area (Å²) < 4.78 is 28.8. The van der Waals surface area contributed by atoms with E-state index in [1.807, 2.05) is 6.92 Å². The second-order valence-corrected chi connectivity index (χ2v) is 6.79. The van der Waals surface area contributed by atoms with Crippen LogP contribution in [0, 0.1) is 0 Å². The maximum absolute atomic E-state index is 6.09. The molecule has 1 saturated heterocycles. The predicted molar refractivity (Wildman–Crippen MR) is 94.7 cm³/mol. The maximum Gasteiger partial charge on any atom is 0.190 e. The highest BCUT2D eigenvalue weighted by molar-refractivity contribution is 5.98.